The molecule has 5 N–H and O–H groups in total. The van der Waals surface area contributed by atoms with Crippen LogP contribution in [0.5, 0.6) is 0 Å². The standard InChI is InChI=1S/C30H47FN4O8/c1-19(43-29(5,6)7)15-23(36)35-30(8,16-20-11-9-10-12-21(20)31)27(41)33-17-24(37)34-22(18-42-28(2,3)4)26(40)32-14-13-25(38)39/h9-12,19,22H,13-18H2,1-8H3,(H,32,40)(H,33,41)(H,34,37)(H,35,36)(H,38,39). The summed E-state index contributed by atoms with van der Waals surface area (Å²) in [7, 11) is 0. The van der Waals surface area contributed by atoms with Gasteiger partial charge in [-0.25, -0.2) is 4.39 Å². The lowest BCUT2D eigenvalue weighted by molar-refractivity contribution is -0.138. The molecule has 0 aliphatic carbocycles. The zero-order valence-electron chi connectivity index (χ0n) is 26.4. The van der Waals surface area contributed by atoms with Crippen LogP contribution in [0.4, 0.5) is 4.39 Å². The van der Waals surface area contributed by atoms with Crippen LogP contribution in [-0.2, 0) is 39.9 Å². The molecule has 12 nitrogen and oxygen atoms in total. The molecule has 3 atom stereocenters. The Bertz CT molecular complexity index is 1130. The van der Waals surface area contributed by atoms with Gasteiger partial charge in [0.25, 0.3) is 0 Å². The van der Waals surface area contributed by atoms with Crippen molar-refractivity contribution in [2.75, 3.05) is 19.7 Å². The number of carboxylic acid groups (broad SMARTS) is 1. The van der Waals surface area contributed by atoms with Crippen molar-refractivity contribution >= 4 is 29.6 Å². The highest BCUT2D eigenvalue weighted by molar-refractivity contribution is 5.95. The number of carboxylic acids is 1. The first kappa shape index (κ1) is 37.4. The van der Waals surface area contributed by atoms with Crippen molar-refractivity contribution in [3.8, 4) is 0 Å². The maximum absolute atomic E-state index is 14.5. The van der Waals surface area contributed by atoms with Crippen LogP contribution in [0.15, 0.2) is 24.3 Å². The third-order valence-corrected chi connectivity index (χ3v) is 5.83. The highest BCUT2D eigenvalue weighted by Gasteiger charge is 2.37. The molecule has 0 fully saturated rings. The van der Waals surface area contributed by atoms with Crippen molar-refractivity contribution in [1.29, 1.82) is 0 Å². The molecule has 242 valence electrons. The van der Waals surface area contributed by atoms with Crippen LogP contribution in [0, 0.1) is 5.82 Å². The summed E-state index contributed by atoms with van der Waals surface area (Å²) in [4.78, 5) is 62.5. The highest BCUT2D eigenvalue weighted by atomic mass is 19.1. The van der Waals surface area contributed by atoms with Gasteiger partial charge in [-0.15, -0.1) is 0 Å². The van der Waals surface area contributed by atoms with E-state index in [1.807, 2.05) is 20.8 Å². The van der Waals surface area contributed by atoms with E-state index in [2.05, 4.69) is 21.3 Å². The Morgan fingerprint density at radius 2 is 1.56 bits per heavy atom. The van der Waals surface area contributed by atoms with Gasteiger partial charge in [-0.2, -0.15) is 0 Å². The van der Waals surface area contributed by atoms with Gasteiger partial charge < -0.3 is 35.8 Å². The first-order valence-electron chi connectivity index (χ1n) is 14.1. The summed E-state index contributed by atoms with van der Waals surface area (Å²) >= 11 is 0. The number of nitrogens with one attached hydrogen (secondary N) is 4. The van der Waals surface area contributed by atoms with E-state index >= 15 is 0 Å². The molecule has 0 aliphatic rings. The minimum absolute atomic E-state index is 0.0651. The van der Waals surface area contributed by atoms with Crippen molar-refractivity contribution in [2.45, 2.75) is 104 Å². The van der Waals surface area contributed by atoms with Crippen LogP contribution in [0.3, 0.4) is 0 Å². The Morgan fingerprint density at radius 3 is 2.12 bits per heavy atom. The molecule has 0 heterocycles. The normalized spacial score (nSPS) is 14.5. The van der Waals surface area contributed by atoms with Gasteiger partial charge in [-0.05, 0) is 67.0 Å². The third-order valence-electron chi connectivity index (χ3n) is 5.83. The molecular weight excluding hydrogens is 563 g/mol. The molecule has 43 heavy (non-hydrogen) atoms. The molecule has 0 saturated carbocycles. The van der Waals surface area contributed by atoms with Crippen LogP contribution in [-0.4, -0.2) is 83.3 Å². The summed E-state index contributed by atoms with van der Waals surface area (Å²) in [6, 6.07) is 4.66. The lowest BCUT2D eigenvalue weighted by atomic mass is 9.91. The number of hydrogen-bond donors (Lipinski definition) is 5. The zero-order chi connectivity index (χ0) is 33.0. The second kappa shape index (κ2) is 16.3. The van der Waals surface area contributed by atoms with Gasteiger partial charge in [0.2, 0.25) is 23.6 Å². The van der Waals surface area contributed by atoms with E-state index in [9.17, 15) is 28.4 Å². The maximum atomic E-state index is 14.5. The summed E-state index contributed by atoms with van der Waals surface area (Å²) in [5, 5.41) is 18.9. The van der Waals surface area contributed by atoms with Crippen molar-refractivity contribution in [3.05, 3.63) is 35.6 Å². The van der Waals surface area contributed by atoms with Crippen LogP contribution >= 0.6 is 0 Å². The molecule has 0 aliphatic heterocycles. The summed E-state index contributed by atoms with van der Waals surface area (Å²) in [5.74, 6) is -4.32. The van der Waals surface area contributed by atoms with Gasteiger partial charge in [0.05, 0.1) is 43.3 Å². The summed E-state index contributed by atoms with van der Waals surface area (Å²) in [6.45, 7) is 13.0. The highest BCUT2D eigenvalue weighted by Crippen LogP contribution is 2.18. The Kier molecular flexibility index (Phi) is 14.2. The smallest absolute Gasteiger partial charge is 0.305 e. The fraction of sp³-hybridized carbons (Fsp3) is 0.633. The number of aliphatic carboxylic acids is 1. The Balaban J connectivity index is 3.01. The predicted octanol–water partition coefficient (Wildman–Crippen LogP) is 1.84. The van der Waals surface area contributed by atoms with E-state index in [4.69, 9.17) is 14.6 Å². The van der Waals surface area contributed by atoms with Gasteiger partial charge in [0.15, 0.2) is 0 Å². The van der Waals surface area contributed by atoms with E-state index in [1.54, 1.807) is 33.8 Å². The topological polar surface area (TPSA) is 172 Å². The van der Waals surface area contributed by atoms with Crippen LogP contribution in [0.1, 0.15) is 73.8 Å². The fourth-order valence-corrected chi connectivity index (χ4v) is 4.00. The minimum atomic E-state index is -1.65. The number of hydrogen-bond acceptors (Lipinski definition) is 7. The van der Waals surface area contributed by atoms with Gasteiger partial charge in [-0.1, -0.05) is 18.2 Å². The molecule has 13 heteroatoms. The van der Waals surface area contributed by atoms with Crippen LogP contribution in [0.25, 0.3) is 0 Å². The summed E-state index contributed by atoms with van der Waals surface area (Å²) in [5.41, 5.74) is -2.60. The number of amides is 4. The molecule has 4 amide bonds. The zero-order valence-corrected chi connectivity index (χ0v) is 26.4. The molecule has 0 saturated heterocycles. The van der Waals surface area contributed by atoms with Gasteiger partial charge in [-0.3, -0.25) is 24.0 Å². The van der Waals surface area contributed by atoms with Gasteiger partial charge in [0.1, 0.15) is 17.4 Å². The molecule has 3 unspecified atom stereocenters. The molecule has 1 aromatic rings. The Hall–Kier alpha value is -3.58. The summed E-state index contributed by atoms with van der Waals surface area (Å²) < 4.78 is 25.9. The molecule has 0 spiro atoms. The number of rotatable bonds is 16. The molecule has 1 aromatic carbocycles. The van der Waals surface area contributed by atoms with Crippen molar-refractivity contribution in [3.63, 3.8) is 0 Å². The number of benzene rings is 1. The number of carbonyl (C=O) groups is 5. The second-order valence-electron chi connectivity index (χ2n) is 12.6. The monoisotopic (exact) mass is 610 g/mol. The van der Waals surface area contributed by atoms with E-state index in [1.165, 1.54) is 25.1 Å². The number of carbonyl (C=O) groups excluding carboxylic acids is 4. The average Bonchev–Trinajstić information content (AvgIpc) is 2.84. The van der Waals surface area contributed by atoms with Gasteiger partial charge >= 0.3 is 5.97 Å². The fourth-order valence-electron chi connectivity index (χ4n) is 4.00. The second-order valence-corrected chi connectivity index (χ2v) is 12.6. The molecule has 0 bridgehead atoms. The first-order chi connectivity index (χ1) is 19.7. The molecule has 0 radical (unpaired) electrons. The molecule has 1 rings (SSSR count). The quantitative estimate of drug-likeness (QED) is 0.189. The average molecular weight is 611 g/mol. The lowest BCUT2D eigenvalue weighted by Gasteiger charge is -2.31. The van der Waals surface area contributed by atoms with E-state index in [0.717, 1.165) is 0 Å². The lowest BCUT2D eigenvalue weighted by Crippen LogP contribution is -2.60. The predicted molar refractivity (Wildman–Crippen MR) is 157 cm³/mol. The molecule has 0 aromatic heterocycles. The number of ether oxygens (including phenoxy) is 2. The van der Waals surface area contributed by atoms with E-state index < -0.39 is 70.8 Å². The maximum Gasteiger partial charge on any atom is 0.305 e. The van der Waals surface area contributed by atoms with Crippen LogP contribution in [0.2, 0.25) is 0 Å². The van der Waals surface area contributed by atoms with Crippen LogP contribution < -0.4 is 21.3 Å². The Labute approximate surface area is 252 Å². The minimum Gasteiger partial charge on any atom is -0.481 e. The third kappa shape index (κ3) is 15.5. The van der Waals surface area contributed by atoms with Crippen molar-refractivity contribution in [1.82, 2.24) is 21.3 Å². The largest absolute Gasteiger partial charge is 0.481 e. The van der Waals surface area contributed by atoms with Crippen molar-refractivity contribution in [2.24, 2.45) is 0 Å². The number of halogens is 1. The summed E-state index contributed by atoms with van der Waals surface area (Å²) in [6.07, 6.45) is -1.05. The first-order valence-corrected chi connectivity index (χ1v) is 14.1. The Morgan fingerprint density at radius 1 is 0.930 bits per heavy atom. The SMILES string of the molecule is CC(CC(=O)NC(C)(Cc1ccccc1F)C(=O)NCC(=O)NC(COC(C)(C)C)C(=O)NCCC(=O)O)OC(C)(C)C. The van der Waals surface area contributed by atoms with Crippen molar-refractivity contribution < 1.29 is 42.9 Å². The molecular formula is C30H47FN4O8. The van der Waals surface area contributed by atoms with E-state index in [-0.39, 0.29) is 38.0 Å². The van der Waals surface area contributed by atoms with E-state index in [0.29, 0.717) is 0 Å². The van der Waals surface area contributed by atoms with Gasteiger partial charge in [0, 0.05) is 13.0 Å².